The van der Waals surface area contributed by atoms with E-state index in [1.807, 2.05) is 0 Å². The largest absolute Gasteiger partial charge is 0.371 e. The Labute approximate surface area is 212 Å². The van der Waals surface area contributed by atoms with Crippen LogP contribution in [0.2, 0.25) is 0 Å². The molecule has 5 aliphatic rings. The summed E-state index contributed by atoms with van der Waals surface area (Å²) in [5.41, 5.74) is 4.58. The first kappa shape index (κ1) is 22.8. The van der Waals surface area contributed by atoms with Crippen LogP contribution >= 0.6 is 0 Å². The Hall–Kier alpha value is -2.33. The van der Waals surface area contributed by atoms with Crippen LogP contribution in [0.4, 0.5) is 26.2 Å². The number of halogens is 2. The number of rotatable bonds is 7. The number of benzene rings is 1. The van der Waals surface area contributed by atoms with Crippen molar-refractivity contribution in [3.05, 3.63) is 35.0 Å². The van der Waals surface area contributed by atoms with E-state index in [2.05, 4.69) is 38.1 Å². The molecule has 1 aromatic heterocycles. The van der Waals surface area contributed by atoms with Crippen LogP contribution in [0, 0.1) is 11.8 Å². The number of aromatic nitrogens is 2. The van der Waals surface area contributed by atoms with Crippen LogP contribution in [0.3, 0.4) is 0 Å². The van der Waals surface area contributed by atoms with E-state index in [1.165, 1.54) is 29.7 Å². The molecular formula is C26H31F2N5O2S. The lowest BCUT2D eigenvalue weighted by molar-refractivity contribution is -0.145. The molecular weight excluding hydrogens is 484 g/mol. The molecule has 4 heterocycles. The summed E-state index contributed by atoms with van der Waals surface area (Å²) < 4.78 is 43.0. The minimum absolute atomic E-state index is 0.0855. The van der Waals surface area contributed by atoms with Gasteiger partial charge in [-0.15, -0.1) is 0 Å². The number of anilines is 3. The lowest BCUT2D eigenvalue weighted by atomic mass is 9.77. The van der Waals surface area contributed by atoms with Gasteiger partial charge in [-0.25, -0.2) is 4.98 Å². The average molecular weight is 516 g/mol. The van der Waals surface area contributed by atoms with Crippen molar-refractivity contribution in [3.63, 3.8) is 0 Å². The Morgan fingerprint density at radius 3 is 2.44 bits per heavy atom. The highest BCUT2D eigenvalue weighted by Crippen LogP contribution is 2.41. The minimum Gasteiger partial charge on any atom is -0.371 e. The molecule has 1 saturated carbocycles. The molecule has 192 valence electrons. The van der Waals surface area contributed by atoms with Gasteiger partial charge in [0.25, 0.3) is 0 Å². The molecule has 7 rings (SSSR count). The Bertz CT molecular complexity index is 1210. The maximum atomic E-state index is 12.8. The highest BCUT2D eigenvalue weighted by atomic mass is 32.2. The van der Waals surface area contributed by atoms with Gasteiger partial charge in [-0.3, -0.25) is 4.21 Å². The van der Waals surface area contributed by atoms with Gasteiger partial charge in [0.2, 0.25) is 5.95 Å². The van der Waals surface area contributed by atoms with E-state index in [1.54, 1.807) is 0 Å². The van der Waals surface area contributed by atoms with Crippen LogP contribution in [0.15, 0.2) is 23.1 Å². The summed E-state index contributed by atoms with van der Waals surface area (Å²) in [5.74, 6) is 2.85. The number of aryl methyl sites for hydroxylation is 3. The number of nitrogens with zero attached hydrogens (tertiary/aromatic N) is 4. The summed E-state index contributed by atoms with van der Waals surface area (Å²) in [7, 11) is -1.18. The molecule has 2 aromatic rings. The molecule has 1 aromatic carbocycles. The van der Waals surface area contributed by atoms with Crippen LogP contribution < -0.4 is 15.1 Å². The van der Waals surface area contributed by atoms with Crippen molar-refractivity contribution in [1.82, 2.24) is 9.97 Å². The topological polar surface area (TPSA) is 70.6 Å². The van der Waals surface area contributed by atoms with Gasteiger partial charge >= 0.3 is 6.61 Å². The molecule has 3 unspecified atom stereocenters. The average Bonchev–Trinajstić information content (AvgIpc) is 3.49. The fraction of sp³-hybridized carbons (Fsp3) is 0.615. The molecule has 0 spiro atoms. The molecule has 10 heteroatoms. The fourth-order valence-corrected chi connectivity index (χ4v) is 7.84. The number of ether oxygens (including phenoxy) is 1. The first-order valence-corrected chi connectivity index (χ1v) is 14.4. The zero-order valence-electron chi connectivity index (χ0n) is 20.2. The predicted octanol–water partition coefficient (Wildman–Crippen LogP) is 3.39. The molecule has 0 bridgehead atoms. The van der Waals surface area contributed by atoms with Crippen LogP contribution in [0.5, 0.6) is 0 Å². The van der Waals surface area contributed by atoms with Crippen LogP contribution in [0.25, 0.3) is 0 Å². The molecule has 36 heavy (non-hydrogen) atoms. The molecule has 3 aliphatic heterocycles. The van der Waals surface area contributed by atoms with Crippen LogP contribution in [-0.4, -0.2) is 64.9 Å². The smallest absolute Gasteiger partial charge is 0.345 e. The van der Waals surface area contributed by atoms with Crippen molar-refractivity contribution in [2.75, 3.05) is 53.7 Å². The number of hydrogen-bond donors (Lipinski definition) is 1. The molecule has 0 amide bonds. The van der Waals surface area contributed by atoms with Gasteiger partial charge in [-0.2, -0.15) is 13.8 Å². The Balaban J connectivity index is 1.10. The van der Waals surface area contributed by atoms with Crippen molar-refractivity contribution in [3.8, 4) is 0 Å². The quantitative estimate of drug-likeness (QED) is 0.606. The van der Waals surface area contributed by atoms with Crippen LogP contribution in [0.1, 0.15) is 36.1 Å². The minimum atomic E-state index is -2.80. The van der Waals surface area contributed by atoms with Gasteiger partial charge in [-0.1, -0.05) is 6.07 Å². The van der Waals surface area contributed by atoms with Gasteiger partial charge in [-0.05, 0) is 55.4 Å². The zero-order valence-corrected chi connectivity index (χ0v) is 21.0. The molecule has 3 atom stereocenters. The lowest BCUT2D eigenvalue weighted by Crippen LogP contribution is -2.50. The molecule has 1 N–H and O–H groups in total. The van der Waals surface area contributed by atoms with E-state index < -0.39 is 22.9 Å². The second-order valence-electron chi connectivity index (χ2n) is 11.1. The van der Waals surface area contributed by atoms with Gasteiger partial charge in [0, 0.05) is 55.9 Å². The van der Waals surface area contributed by atoms with E-state index >= 15 is 0 Å². The van der Waals surface area contributed by atoms with Crippen molar-refractivity contribution < 1.29 is 17.7 Å². The van der Waals surface area contributed by atoms with Crippen molar-refractivity contribution in [1.29, 1.82) is 0 Å². The third kappa shape index (κ3) is 3.88. The SMILES string of the molecule is O=S1CCc2nc(N3CC4CN(c5ccc6c(c5)CC6)CC4C3)nc(NC3(COC(F)F)CCC3)c21. The highest BCUT2D eigenvalue weighted by Gasteiger charge is 2.43. The van der Waals surface area contributed by atoms with Crippen molar-refractivity contribution in [2.24, 2.45) is 11.8 Å². The zero-order chi connectivity index (χ0) is 24.4. The number of hydrogen-bond acceptors (Lipinski definition) is 7. The first-order chi connectivity index (χ1) is 17.5. The molecule has 2 saturated heterocycles. The Morgan fingerprint density at radius 2 is 1.81 bits per heavy atom. The summed E-state index contributed by atoms with van der Waals surface area (Å²) in [6, 6.07) is 6.92. The number of fused-ring (bicyclic) bond motifs is 3. The maximum Gasteiger partial charge on any atom is 0.345 e. The summed E-state index contributed by atoms with van der Waals surface area (Å²) in [6.45, 7) is 0.973. The third-order valence-electron chi connectivity index (χ3n) is 8.84. The molecule has 0 radical (unpaired) electrons. The predicted molar refractivity (Wildman–Crippen MR) is 134 cm³/mol. The second kappa shape index (κ2) is 8.62. The van der Waals surface area contributed by atoms with Crippen LogP contribution in [-0.2, 0) is 34.8 Å². The lowest BCUT2D eigenvalue weighted by Gasteiger charge is -2.42. The van der Waals surface area contributed by atoms with E-state index in [0.29, 0.717) is 40.7 Å². The van der Waals surface area contributed by atoms with Gasteiger partial charge in [0.1, 0.15) is 10.7 Å². The summed E-state index contributed by atoms with van der Waals surface area (Å²) in [4.78, 5) is 15.1. The standard InChI is InChI=1S/C26H31F2N5O2S/c27-24(28)35-15-26(7-1-8-26)31-23-22-21(6-9-36(22)34)29-25(30-23)33-13-18-11-32(12-19(18)14-33)20-5-4-16-2-3-17(16)10-20/h4-5,10,18-19,24H,1-3,6-9,11-15H2,(H,29,30,31). The van der Waals surface area contributed by atoms with Crippen molar-refractivity contribution >= 4 is 28.3 Å². The third-order valence-corrected chi connectivity index (χ3v) is 10.3. The normalized spacial score (nSPS) is 27.5. The summed E-state index contributed by atoms with van der Waals surface area (Å²) >= 11 is 0. The monoisotopic (exact) mass is 515 g/mol. The molecule has 2 aliphatic carbocycles. The van der Waals surface area contributed by atoms with E-state index in [0.717, 1.165) is 51.1 Å². The van der Waals surface area contributed by atoms with Gasteiger partial charge in [0.05, 0.1) is 28.6 Å². The second-order valence-corrected chi connectivity index (χ2v) is 12.6. The van der Waals surface area contributed by atoms with Gasteiger partial charge < -0.3 is 19.9 Å². The van der Waals surface area contributed by atoms with E-state index in [9.17, 15) is 13.0 Å². The van der Waals surface area contributed by atoms with Gasteiger partial charge in [0.15, 0.2) is 0 Å². The van der Waals surface area contributed by atoms with E-state index in [-0.39, 0.29) is 6.61 Å². The van der Waals surface area contributed by atoms with Crippen molar-refractivity contribution in [2.45, 2.75) is 55.6 Å². The molecule has 7 nitrogen and oxygen atoms in total. The highest BCUT2D eigenvalue weighted by molar-refractivity contribution is 7.85. The number of alkyl halides is 2. The fourth-order valence-electron chi connectivity index (χ4n) is 6.54. The summed E-state index contributed by atoms with van der Waals surface area (Å²) in [5, 5.41) is 3.40. The molecule has 3 fully saturated rings. The van der Waals surface area contributed by atoms with E-state index in [4.69, 9.17) is 9.97 Å². The first-order valence-electron chi connectivity index (χ1n) is 13.1. The Kier molecular flexibility index (Phi) is 5.47. The Morgan fingerprint density at radius 1 is 1.06 bits per heavy atom. The maximum absolute atomic E-state index is 12.8. The number of nitrogens with one attached hydrogen (secondary N) is 1. The summed E-state index contributed by atoms with van der Waals surface area (Å²) in [6.07, 6.45) is 5.46.